The summed E-state index contributed by atoms with van der Waals surface area (Å²) in [6, 6.07) is 13.8. The molecule has 1 aromatic carbocycles. The van der Waals surface area contributed by atoms with Crippen molar-refractivity contribution >= 4 is 11.4 Å². The van der Waals surface area contributed by atoms with E-state index in [0.29, 0.717) is 29.2 Å². The number of furan rings is 1. The molecule has 6 heteroatoms. The monoisotopic (exact) mass is 307 g/mol. The first-order valence-corrected chi connectivity index (χ1v) is 7.21. The lowest BCUT2D eigenvalue weighted by Gasteiger charge is -2.30. The molecule has 0 amide bonds. The highest BCUT2D eigenvalue weighted by Gasteiger charge is 2.30. The number of hydrazine groups is 1. The van der Waals surface area contributed by atoms with Crippen LogP contribution in [0.25, 0.3) is 5.70 Å². The van der Waals surface area contributed by atoms with Gasteiger partial charge in [0.25, 0.3) is 0 Å². The number of aliphatic imine (C=N–C) groups is 1. The van der Waals surface area contributed by atoms with Crippen molar-refractivity contribution in [2.75, 3.05) is 0 Å². The fourth-order valence-corrected chi connectivity index (χ4v) is 2.57. The van der Waals surface area contributed by atoms with Crippen LogP contribution in [0, 0.1) is 18.3 Å². The smallest absolute Gasteiger partial charge is 0.187 e. The normalized spacial score (nSPS) is 17.9. The number of benzene rings is 1. The molecule has 6 nitrogen and oxygen atoms in total. The van der Waals surface area contributed by atoms with Crippen LogP contribution < -0.4 is 11.6 Å². The molecule has 0 aliphatic carbocycles. The van der Waals surface area contributed by atoms with Crippen LogP contribution in [-0.2, 0) is 6.42 Å². The molecule has 0 saturated heterocycles. The van der Waals surface area contributed by atoms with Crippen molar-refractivity contribution in [1.82, 2.24) is 5.01 Å². The van der Waals surface area contributed by atoms with E-state index >= 15 is 0 Å². The van der Waals surface area contributed by atoms with Crippen LogP contribution in [0.3, 0.4) is 0 Å². The van der Waals surface area contributed by atoms with Crippen molar-refractivity contribution in [1.29, 1.82) is 5.26 Å². The van der Waals surface area contributed by atoms with Crippen LogP contribution >= 0.6 is 0 Å². The van der Waals surface area contributed by atoms with E-state index in [2.05, 4.69) is 11.1 Å². The van der Waals surface area contributed by atoms with Crippen LogP contribution in [0.4, 0.5) is 0 Å². The van der Waals surface area contributed by atoms with E-state index < -0.39 is 6.29 Å². The van der Waals surface area contributed by atoms with E-state index in [4.69, 9.17) is 16.0 Å². The maximum Gasteiger partial charge on any atom is 0.187 e. The Morgan fingerprint density at radius 3 is 2.65 bits per heavy atom. The van der Waals surface area contributed by atoms with Gasteiger partial charge in [-0.1, -0.05) is 30.3 Å². The fourth-order valence-electron chi connectivity index (χ4n) is 2.57. The number of allylic oxidation sites excluding steroid dienone is 1. The number of hydrogen-bond donors (Lipinski definition) is 2. The third-order valence-electron chi connectivity index (χ3n) is 3.76. The fraction of sp³-hybridized carbons (Fsp3) is 0.176. The molecule has 0 bridgehead atoms. The Bertz CT molecular complexity index is 813. The van der Waals surface area contributed by atoms with Gasteiger partial charge in [-0.05, 0) is 24.1 Å². The maximum atomic E-state index is 9.65. The van der Waals surface area contributed by atoms with Crippen molar-refractivity contribution in [3.05, 3.63) is 65.1 Å². The molecule has 2 heterocycles. The summed E-state index contributed by atoms with van der Waals surface area (Å²) in [5.74, 6) is 6.58. The molecule has 4 N–H and O–H groups in total. The second-order valence-electron chi connectivity index (χ2n) is 5.33. The van der Waals surface area contributed by atoms with E-state index in [0.717, 1.165) is 11.1 Å². The molecule has 23 heavy (non-hydrogen) atoms. The maximum absolute atomic E-state index is 9.65. The van der Waals surface area contributed by atoms with Crippen molar-refractivity contribution in [3.63, 3.8) is 0 Å². The first kappa shape index (κ1) is 15.0. The van der Waals surface area contributed by atoms with Crippen molar-refractivity contribution in [2.24, 2.45) is 16.6 Å². The lowest BCUT2D eigenvalue weighted by molar-refractivity contribution is 0.305. The number of aryl methyl sites for hydroxylation is 1. The van der Waals surface area contributed by atoms with E-state index in [9.17, 15) is 5.26 Å². The Balaban J connectivity index is 2.09. The Labute approximate surface area is 134 Å². The molecule has 1 aromatic heterocycles. The predicted octanol–water partition coefficient (Wildman–Crippen LogP) is 1.94. The second-order valence-corrected chi connectivity index (χ2v) is 5.33. The first-order valence-electron chi connectivity index (χ1n) is 7.21. The molecule has 3 rings (SSSR count). The Hall–Kier alpha value is -2.88. The number of hydrogen-bond acceptors (Lipinski definition) is 6. The quantitative estimate of drug-likeness (QED) is 0.843. The molecule has 0 spiro atoms. The molecule has 1 aliphatic rings. The minimum Gasteiger partial charge on any atom is -0.462 e. The van der Waals surface area contributed by atoms with Crippen LogP contribution in [0.15, 0.2) is 57.6 Å². The van der Waals surface area contributed by atoms with E-state index in [1.165, 1.54) is 5.01 Å². The molecule has 0 fully saturated rings. The van der Waals surface area contributed by atoms with Gasteiger partial charge in [-0.2, -0.15) is 5.26 Å². The highest BCUT2D eigenvalue weighted by Crippen LogP contribution is 2.30. The molecule has 1 unspecified atom stereocenters. The zero-order chi connectivity index (χ0) is 16.4. The van der Waals surface area contributed by atoms with Gasteiger partial charge in [-0.25, -0.2) is 10.8 Å². The van der Waals surface area contributed by atoms with Gasteiger partial charge in [0.05, 0.1) is 12.0 Å². The average molecular weight is 307 g/mol. The van der Waals surface area contributed by atoms with Crippen LogP contribution in [0.2, 0.25) is 0 Å². The van der Waals surface area contributed by atoms with Crippen molar-refractivity contribution < 1.29 is 4.42 Å². The van der Waals surface area contributed by atoms with Gasteiger partial charge >= 0.3 is 0 Å². The van der Waals surface area contributed by atoms with Gasteiger partial charge in [0.1, 0.15) is 17.3 Å². The predicted molar refractivity (Wildman–Crippen MR) is 87.6 cm³/mol. The van der Waals surface area contributed by atoms with E-state index in [1.807, 2.05) is 43.3 Å². The summed E-state index contributed by atoms with van der Waals surface area (Å²) in [4.78, 5) is 4.37. The number of nitrogens with zero attached hydrogens (tertiary/aromatic N) is 3. The third kappa shape index (κ3) is 2.75. The van der Waals surface area contributed by atoms with Gasteiger partial charge in [0.2, 0.25) is 0 Å². The minimum absolute atomic E-state index is 0.385. The summed E-state index contributed by atoms with van der Waals surface area (Å²) >= 11 is 0. The van der Waals surface area contributed by atoms with Gasteiger partial charge in [0, 0.05) is 6.42 Å². The Morgan fingerprint density at radius 2 is 2.04 bits per heavy atom. The van der Waals surface area contributed by atoms with E-state index in [1.54, 1.807) is 6.26 Å². The minimum atomic E-state index is -0.759. The van der Waals surface area contributed by atoms with Crippen molar-refractivity contribution in [2.45, 2.75) is 19.6 Å². The first-order chi connectivity index (χ1) is 11.1. The number of rotatable bonds is 3. The topological polar surface area (TPSA) is 105 Å². The average Bonchev–Trinajstić information content (AvgIpc) is 2.97. The SMILES string of the molecule is Cc1ccoc1C1=C(C#N)C(Cc2ccccc2)=NC(N)N1N. The lowest BCUT2D eigenvalue weighted by Crippen LogP contribution is -2.48. The van der Waals surface area contributed by atoms with E-state index in [-0.39, 0.29) is 0 Å². The van der Waals surface area contributed by atoms with Crippen molar-refractivity contribution in [3.8, 4) is 6.07 Å². The Kier molecular flexibility index (Phi) is 3.98. The summed E-state index contributed by atoms with van der Waals surface area (Å²) in [6.45, 7) is 1.89. The van der Waals surface area contributed by atoms with Gasteiger partial charge in [0.15, 0.2) is 12.0 Å². The molecule has 2 aromatic rings. The van der Waals surface area contributed by atoms with Crippen LogP contribution in [-0.4, -0.2) is 17.0 Å². The molecule has 0 saturated carbocycles. The summed E-state index contributed by atoms with van der Waals surface area (Å²) < 4.78 is 5.51. The van der Waals surface area contributed by atoms with Crippen LogP contribution in [0.1, 0.15) is 16.9 Å². The molecule has 1 atom stereocenters. The molecular formula is C17H17N5O. The van der Waals surface area contributed by atoms with Gasteiger partial charge in [-0.3, -0.25) is 10.7 Å². The lowest BCUT2D eigenvalue weighted by atomic mass is 9.98. The molecule has 1 aliphatic heterocycles. The highest BCUT2D eigenvalue weighted by molar-refractivity contribution is 6.11. The summed E-state index contributed by atoms with van der Waals surface area (Å²) in [5.41, 5.74) is 9.42. The number of nitriles is 1. The van der Waals surface area contributed by atoms with Gasteiger partial charge in [-0.15, -0.1) is 0 Å². The summed E-state index contributed by atoms with van der Waals surface area (Å²) in [5, 5.41) is 10.9. The molecular weight excluding hydrogens is 290 g/mol. The summed E-state index contributed by atoms with van der Waals surface area (Å²) in [7, 11) is 0. The molecule has 0 radical (unpaired) electrons. The molecule has 116 valence electrons. The Morgan fingerprint density at radius 1 is 1.30 bits per heavy atom. The van der Waals surface area contributed by atoms with Crippen LogP contribution in [0.5, 0.6) is 0 Å². The number of nitrogens with two attached hydrogens (primary N) is 2. The highest BCUT2D eigenvalue weighted by atomic mass is 16.3. The largest absolute Gasteiger partial charge is 0.462 e. The third-order valence-corrected chi connectivity index (χ3v) is 3.76. The standard InChI is InChI=1S/C17H17N5O/c1-11-7-8-23-16(11)15-13(10-18)14(21-17(19)22(15)20)9-12-5-3-2-4-6-12/h2-8,17H,9,19-20H2,1H3. The zero-order valence-electron chi connectivity index (χ0n) is 12.7. The zero-order valence-corrected chi connectivity index (χ0v) is 12.7. The summed E-state index contributed by atoms with van der Waals surface area (Å²) in [6.07, 6.45) is 1.31. The van der Waals surface area contributed by atoms with Gasteiger partial charge < -0.3 is 4.42 Å². The second kappa shape index (κ2) is 6.08.